The number of alkyl carbamates (subject to hydrolysis) is 1. The van der Waals surface area contributed by atoms with Crippen molar-refractivity contribution < 1.29 is 24.2 Å². The van der Waals surface area contributed by atoms with Gasteiger partial charge in [0.25, 0.3) is 0 Å². The number of nitriles is 1. The van der Waals surface area contributed by atoms with Crippen molar-refractivity contribution in [2.75, 3.05) is 19.7 Å². The summed E-state index contributed by atoms with van der Waals surface area (Å²) in [4.78, 5) is 38.8. The highest BCUT2D eigenvalue weighted by Gasteiger charge is 2.51. The van der Waals surface area contributed by atoms with Crippen molar-refractivity contribution in [1.29, 1.82) is 5.26 Å². The molecule has 2 aromatic rings. The minimum Gasteiger partial charge on any atom is -0.481 e. The molecule has 2 N–H and O–H groups in total. The number of hydrogen-bond donors (Lipinski definition) is 2. The van der Waals surface area contributed by atoms with Crippen LogP contribution in [0.25, 0.3) is 11.1 Å². The largest absolute Gasteiger partial charge is 0.481 e. The van der Waals surface area contributed by atoms with Gasteiger partial charge in [-0.15, -0.1) is 0 Å². The predicted molar refractivity (Wildman–Crippen MR) is 128 cm³/mol. The first-order valence-corrected chi connectivity index (χ1v) is 11.9. The molecule has 0 radical (unpaired) electrons. The number of rotatable bonds is 9. The molecular formula is C27H29N3O5. The molecule has 2 amide bonds. The molecule has 8 nitrogen and oxygen atoms in total. The minimum atomic E-state index is -0.934. The Balaban J connectivity index is 1.40. The van der Waals surface area contributed by atoms with E-state index < -0.39 is 23.5 Å². The lowest BCUT2D eigenvalue weighted by molar-refractivity contribution is -0.167. The van der Waals surface area contributed by atoms with Gasteiger partial charge in [0.05, 0.1) is 6.07 Å². The molecule has 0 spiro atoms. The van der Waals surface area contributed by atoms with Gasteiger partial charge in [-0.3, -0.25) is 9.59 Å². The van der Waals surface area contributed by atoms with Crippen molar-refractivity contribution in [2.24, 2.45) is 5.41 Å². The van der Waals surface area contributed by atoms with Gasteiger partial charge in [-0.25, -0.2) is 4.79 Å². The van der Waals surface area contributed by atoms with E-state index in [9.17, 15) is 19.5 Å². The molecule has 2 aromatic carbocycles. The van der Waals surface area contributed by atoms with Crippen LogP contribution >= 0.6 is 0 Å². The summed E-state index contributed by atoms with van der Waals surface area (Å²) < 4.78 is 5.58. The van der Waals surface area contributed by atoms with E-state index in [4.69, 9.17) is 10.00 Å². The Hall–Kier alpha value is -3.86. The molecule has 1 atom stereocenters. The van der Waals surface area contributed by atoms with Gasteiger partial charge in [-0.05, 0) is 41.5 Å². The Morgan fingerprint density at radius 3 is 2.29 bits per heavy atom. The van der Waals surface area contributed by atoms with Crippen molar-refractivity contribution in [2.45, 2.75) is 44.6 Å². The van der Waals surface area contributed by atoms with Gasteiger partial charge in [-0.2, -0.15) is 5.26 Å². The third kappa shape index (κ3) is 4.72. The zero-order chi connectivity index (χ0) is 25.0. The zero-order valence-corrected chi connectivity index (χ0v) is 19.7. The Bertz CT molecular complexity index is 1120. The van der Waals surface area contributed by atoms with Crippen LogP contribution in [0.5, 0.6) is 0 Å². The van der Waals surface area contributed by atoms with E-state index in [1.54, 1.807) is 6.92 Å². The van der Waals surface area contributed by atoms with Crippen LogP contribution in [-0.2, 0) is 14.3 Å². The van der Waals surface area contributed by atoms with Crippen molar-refractivity contribution in [1.82, 2.24) is 10.2 Å². The molecule has 1 heterocycles. The molecule has 1 fully saturated rings. The first-order valence-electron chi connectivity index (χ1n) is 11.9. The van der Waals surface area contributed by atoms with Crippen LogP contribution < -0.4 is 5.32 Å². The summed E-state index contributed by atoms with van der Waals surface area (Å²) >= 11 is 0. The molecule has 0 bridgehead atoms. The molecule has 0 saturated carbocycles. The summed E-state index contributed by atoms with van der Waals surface area (Å²) in [7, 11) is 0. The number of unbranched alkanes of at least 4 members (excludes halogenated alkanes) is 1. The number of nitrogens with zero attached hydrogens (tertiary/aromatic N) is 2. The summed E-state index contributed by atoms with van der Waals surface area (Å²) in [6.07, 6.45) is 0.680. The molecule has 1 aliphatic heterocycles. The summed E-state index contributed by atoms with van der Waals surface area (Å²) in [6.45, 7) is 2.13. The Morgan fingerprint density at radius 2 is 1.74 bits per heavy atom. The summed E-state index contributed by atoms with van der Waals surface area (Å²) in [6, 6.07) is 17.2. The van der Waals surface area contributed by atoms with Crippen LogP contribution in [0, 0.1) is 16.7 Å². The number of hydrogen-bond acceptors (Lipinski definition) is 5. The predicted octanol–water partition coefficient (Wildman–Crippen LogP) is 3.91. The topological polar surface area (TPSA) is 120 Å². The number of ether oxygens (including phenoxy) is 1. The normalized spacial score (nSPS) is 16.3. The summed E-state index contributed by atoms with van der Waals surface area (Å²) in [5.74, 6) is -1.37. The average molecular weight is 476 g/mol. The second-order valence-electron chi connectivity index (χ2n) is 9.21. The standard InChI is InChI=1S/C27H29N3O5/c1-2-27(25(32)33)16-30(17-27)24(31)23(13-7-8-14-28)29-26(34)35-15-22-20-11-5-3-9-18(20)19-10-4-6-12-21(19)22/h3-6,9-12,22-23H,2,7-8,13,15-17H2,1H3,(H,29,34)(H,32,33). The Labute approximate surface area is 204 Å². The second kappa shape index (κ2) is 10.2. The van der Waals surface area contributed by atoms with E-state index in [1.807, 2.05) is 42.5 Å². The van der Waals surface area contributed by atoms with E-state index in [2.05, 4.69) is 17.4 Å². The van der Waals surface area contributed by atoms with Gasteiger partial charge in [0.15, 0.2) is 0 Å². The number of likely N-dealkylation sites (tertiary alicyclic amines) is 1. The SMILES string of the molecule is CCC1(C(=O)O)CN(C(=O)C(CCCC#N)NC(=O)OCC2c3ccccc3-c3ccccc32)C1. The number of fused-ring (bicyclic) bond motifs is 3. The van der Waals surface area contributed by atoms with E-state index in [0.29, 0.717) is 12.8 Å². The van der Waals surface area contributed by atoms with Crippen LogP contribution in [0.2, 0.25) is 0 Å². The van der Waals surface area contributed by atoms with Crippen LogP contribution in [0.4, 0.5) is 4.79 Å². The maximum Gasteiger partial charge on any atom is 0.407 e. The van der Waals surface area contributed by atoms with E-state index in [1.165, 1.54) is 4.90 Å². The smallest absolute Gasteiger partial charge is 0.407 e. The Kier molecular flexibility index (Phi) is 7.06. The average Bonchev–Trinajstić information content (AvgIpc) is 3.15. The molecule has 1 unspecified atom stereocenters. The third-order valence-corrected chi connectivity index (χ3v) is 7.14. The number of carbonyl (C=O) groups is 3. The molecule has 8 heteroatoms. The summed E-state index contributed by atoms with van der Waals surface area (Å²) in [5.41, 5.74) is 3.49. The van der Waals surface area contributed by atoms with Crippen LogP contribution in [0.3, 0.4) is 0 Å². The van der Waals surface area contributed by atoms with Crippen molar-refractivity contribution in [3.05, 3.63) is 59.7 Å². The summed E-state index contributed by atoms with van der Waals surface area (Å²) in [5, 5.41) is 21.0. The first-order chi connectivity index (χ1) is 16.9. The molecule has 182 valence electrons. The van der Waals surface area contributed by atoms with Crippen LogP contribution in [-0.4, -0.2) is 53.7 Å². The van der Waals surface area contributed by atoms with E-state index in [-0.39, 0.29) is 44.4 Å². The van der Waals surface area contributed by atoms with Gasteiger partial charge in [-0.1, -0.05) is 55.5 Å². The molecule has 1 aliphatic carbocycles. The van der Waals surface area contributed by atoms with Gasteiger partial charge >= 0.3 is 12.1 Å². The van der Waals surface area contributed by atoms with E-state index in [0.717, 1.165) is 22.3 Å². The molecule has 1 saturated heterocycles. The first kappa shape index (κ1) is 24.3. The Morgan fingerprint density at radius 1 is 1.14 bits per heavy atom. The van der Waals surface area contributed by atoms with Crippen LogP contribution in [0.1, 0.15) is 49.7 Å². The second-order valence-corrected chi connectivity index (χ2v) is 9.21. The highest BCUT2D eigenvalue weighted by molar-refractivity contribution is 5.89. The molecule has 35 heavy (non-hydrogen) atoms. The van der Waals surface area contributed by atoms with Gasteiger partial charge in [0, 0.05) is 25.4 Å². The van der Waals surface area contributed by atoms with Crippen LogP contribution in [0.15, 0.2) is 48.5 Å². The lowest BCUT2D eigenvalue weighted by Gasteiger charge is -2.47. The lowest BCUT2D eigenvalue weighted by Crippen LogP contribution is -2.65. The monoisotopic (exact) mass is 475 g/mol. The fraction of sp³-hybridized carbons (Fsp3) is 0.407. The lowest BCUT2D eigenvalue weighted by atomic mass is 9.77. The highest BCUT2D eigenvalue weighted by Crippen LogP contribution is 2.44. The van der Waals surface area contributed by atoms with Crippen molar-refractivity contribution in [3.8, 4) is 17.2 Å². The van der Waals surface area contributed by atoms with E-state index >= 15 is 0 Å². The molecule has 0 aromatic heterocycles. The highest BCUT2D eigenvalue weighted by atomic mass is 16.5. The molecule has 2 aliphatic rings. The number of aliphatic carboxylic acids is 1. The van der Waals surface area contributed by atoms with Gasteiger partial charge in [0.1, 0.15) is 18.1 Å². The maximum atomic E-state index is 13.0. The van der Waals surface area contributed by atoms with Gasteiger partial charge in [0.2, 0.25) is 5.91 Å². The number of benzene rings is 2. The number of carboxylic acids is 1. The number of carboxylic acid groups (broad SMARTS) is 1. The fourth-order valence-corrected chi connectivity index (χ4v) is 5.00. The van der Waals surface area contributed by atoms with Crippen molar-refractivity contribution in [3.63, 3.8) is 0 Å². The minimum absolute atomic E-state index is 0.1000. The van der Waals surface area contributed by atoms with Crippen molar-refractivity contribution >= 4 is 18.0 Å². The van der Waals surface area contributed by atoms with Gasteiger partial charge < -0.3 is 20.1 Å². The number of carbonyl (C=O) groups excluding carboxylic acids is 2. The zero-order valence-electron chi connectivity index (χ0n) is 19.7. The number of nitrogens with one attached hydrogen (secondary N) is 1. The fourth-order valence-electron chi connectivity index (χ4n) is 5.00. The third-order valence-electron chi connectivity index (χ3n) is 7.14. The number of amides is 2. The quantitative estimate of drug-likeness (QED) is 0.531. The maximum absolute atomic E-state index is 13.0. The molecule has 4 rings (SSSR count). The molecular weight excluding hydrogens is 446 g/mol.